The average molecular weight is 349 g/mol. The Hall–Kier alpha value is -0.920. The Balaban J connectivity index is 2.89. The molecule has 0 saturated carbocycles. The van der Waals surface area contributed by atoms with Crippen molar-refractivity contribution >= 4 is 31.9 Å². The number of amides is 1. The van der Waals surface area contributed by atoms with Crippen LogP contribution in [0.4, 0.5) is 0 Å². The third-order valence-corrected chi connectivity index (χ3v) is 5.09. The minimum atomic E-state index is -3.64. The van der Waals surface area contributed by atoms with E-state index in [1.54, 1.807) is 32.0 Å². The van der Waals surface area contributed by atoms with Crippen LogP contribution >= 0.6 is 15.9 Å². The highest BCUT2D eigenvalue weighted by molar-refractivity contribution is 9.10. The van der Waals surface area contributed by atoms with Crippen LogP contribution in [0.2, 0.25) is 0 Å². The Morgan fingerprint density at radius 2 is 1.89 bits per heavy atom. The van der Waals surface area contributed by atoms with Crippen LogP contribution in [0.1, 0.15) is 13.8 Å². The van der Waals surface area contributed by atoms with E-state index >= 15 is 0 Å². The Morgan fingerprint density at radius 1 is 1.32 bits per heavy atom. The summed E-state index contributed by atoms with van der Waals surface area (Å²) in [6, 6.07) is 6.53. The van der Waals surface area contributed by atoms with Gasteiger partial charge in [0.1, 0.15) is 0 Å². The molecule has 0 aliphatic rings. The summed E-state index contributed by atoms with van der Waals surface area (Å²) in [4.78, 5) is 11.8. The minimum Gasteiger partial charge on any atom is -0.359 e. The summed E-state index contributed by atoms with van der Waals surface area (Å²) in [5, 5.41) is 2.51. The predicted molar refractivity (Wildman–Crippen MR) is 77.2 cm³/mol. The van der Waals surface area contributed by atoms with Gasteiger partial charge >= 0.3 is 0 Å². The summed E-state index contributed by atoms with van der Waals surface area (Å²) in [5.41, 5.74) is -0.816. The number of hydrogen-bond acceptors (Lipinski definition) is 3. The number of rotatable bonds is 5. The molecule has 0 aromatic heterocycles. The van der Waals surface area contributed by atoms with Crippen molar-refractivity contribution in [3.05, 3.63) is 28.7 Å². The molecule has 0 radical (unpaired) electrons. The maximum atomic E-state index is 12.1. The van der Waals surface area contributed by atoms with Crippen molar-refractivity contribution in [1.82, 2.24) is 10.0 Å². The maximum absolute atomic E-state index is 12.1. The third kappa shape index (κ3) is 4.02. The highest BCUT2D eigenvalue weighted by Crippen LogP contribution is 2.22. The molecule has 106 valence electrons. The fraction of sp³-hybridized carbons (Fsp3) is 0.417. The fourth-order valence-corrected chi connectivity index (χ4v) is 3.65. The fourth-order valence-electron chi connectivity index (χ4n) is 1.43. The first-order valence-electron chi connectivity index (χ1n) is 5.67. The number of sulfonamides is 1. The summed E-state index contributed by atoms with van der Waals surface area (Å²) in [6.07, 6.45) is 0. The Labute approximate surface area is 122 Å². The average Bonchev–Trinajstić information content (AvgIpc) is 2.36. The zero-order valence-electron chi connectivity index (χ0n) is 11.0. The van der Waals surface area contributed by atoms with Crippen LogP contribution in [0.3, 0.4) is 0 Å². The van der Waals surface area contributed by atoms with Gasteiger partial charge in [0.05, 0.1) is 10.3 Å². The van der Waals surface area contributed by atoms with Crippen LogP contribution in [-0.4, -0.2) is 27.9 Å². The second-order valence-corrected chi connectivity index (χ2v) is 7.31. The molecule has 0 unspecified atom stereocenters. The van der Waals surface area contributed by atoms with Crippen molar-refractivity contribution in [2.45, 2.75) is 18.7 Å². The summed E-state index contributed by atoms with van der Waals surface area (Å²) in [6.45, 7) is 3.37. The summed E-state index contributed by atoms with van der Waals surface area (Å²) >= 11 is 3.20. The van der Waals surface area contributed by atoms with E-state index in [1.807, 2.05) is 0 Å². The van der Waals surface area contributed by atoms with E-state index in [-0.39, 0.29) is 17.3 Å². The number of carbonyl (C=O) groups is 1. The first kappa shape index (κ1) is 16.1. The van der Waals surface area contributed by atoms with Gasteiger partial charge in [0.25, 0.3) is 0 Å². The number of benzene rings is 1. The lowest BCUT2D eigenvalue weighted by Gasteiger charge is -2.22. The number of halogens is 1. The first-order chi connectivity index (χ1) is 8.70. The Bertz CT molecular complexity index is 570. The molecular formula is C12H17BrN2O3S. The van der Waals surface area contributed by atoms with E-state index in [1.165, 1.54) is 13.1 Å². The molecule has 0 aliphatic carbocycles. The molecule has 5 nitrogen and oxygen atoms in total. The van der Waals surface area contributed by atoms with Gasteiger partial charge in [0.15, 0.2) is 0 Å². The van der Waals surface area contributed by atoms with Crippen LogP contribution in [0, 0.1) is 5.41 Å². The molecule has 0 spiro atoms. The number of nitrogens with one attached hydrogen (secondary N) is 2. The van der Waals surface area contributed by atoms with Crippen molar-refractivity contribution in [2.75, 3.05) is 13.6 Å². The van der Waals surface area contributed by atoms with Crippen molar-refractivity contribution in [3.63, 3.8) is 0 Å². The normalized spacial score (nSPS) is 12.2. The monoisotopic (exact) mass is 348 g/mol. The highest BCUT2D eigenvalue weighted by Gasteiger charge is 2.29. The minimum absolute atomic E-state index is 0.0241. The molecule has 1 aromatic carbocycles. The van der Waals surface area contributed by atoms with Gasteiger partial charge in [0, 0.05) is 18.1 Å². The van der Waals surface area contributed by atoms with E-state index < -0.39 is 15.4 Å². The lowest BCUT2D eigenvalue weighted by Crippen LogP contribution is -2.43. The largest absolute Gasteiger partial charge is 0.359 e. The molecule has 19 heavy (non-hydrogen) atoms. The Kier molecular flexibility index (Phi) is 5.11. The molecule has 0 fully saturated rings. The lowest BCUT2D eigenvalue weighted by atomic mass is 9.93. The van der Waals surface area contributed by atoms with Gasteiger partial charge < -0.3 is 5.32 Å². The Morgan fingerprint density at radius 3 is 2.42 bits per heavy atom. The number of carbonyl (C=O) groups excluding carboxylic acids is 1. The van der Waals surface area contributed by atoms with Gasteiger partial charge in [-0.05, 0) is 41.9 Å². The molecule has 0 saturated heterocycles. The molecule has 0 heterocycles. The summed E-state index contributed by atoms with van der Waals surface area (Å²) < 4.78 is 27.2. The lowest BCUT2D eigenvalue weighted by molar-refractivity contribution is -0.128. The van der Waals surface area contributed by atoms with E-state index in [2.05, 4.69) is 26.0 Å². The van der Waals surface area contributed by atoms with Crippen molar-refractivity contribution < 1.29 is 13.2 Å². The van der Waals surface area contributed by atoms with E-state index in [0.29, 0.717) is 4.47 Å². The SMILES string of the molecule is CNC(=O)C(C)(C)CNS(=O)(=O)c1ccccc1Br. The molecule has 1 amide bonds. The van der Waals surface area contributed by atoms with Gasteiger partial charge in [-0.3, -0.25) is 4.79 Å². The first-order valence-corrected chi connectivity index (χ1v) is 7.95. The van der Waals surface area contributed by atoms with Gasteiger partial charge in [-0.2, -0.15) is 0 Å². The predicted octanol–water partition coefficient (Wildman–Crippen LogP) is 1.50. The van der Waals surface area contributed by atoms with Crippen LogP contribution in [-0.2, 0) is 14.8 Å². The molecule has 0 atom stereocenters. The smallest absolute Gasteiger partial charge is 0.241 e. The van der Waals surface area contributed by atoms with Crippen LogP contribution in [0.5, 0.6) is 0 Å². The van der Waals surface area contributed by atoms with E-state index in [4.69, 9.17) is 0 Å². The third-order valence-electron chi connectivity index (χ3n) is 2.67. The van der Waals surface area contributed by atoms with Gasteiger partial charge in [-0.15, -0.1) is 0 Å². The molecule has 0 bridgehead atoms. The van der Waals surface area contributed by atoms with Gasteiger partial charge in [-0.25, -0.2) is 13.1 Å². The standard InChI is InChI=1S/C12H17BrN2O3S/c1-12(2,11(16)14-3)8-15-19(17,18)10-7-5-4-6-9(10)13/h4-7,15H,8H2,1-3H3,(H,14,16). The molecule has 2 N–H and O–H groups in total. The zero-order valence-corrected chi connectivity index (χ0v) is 13.4. The summed E-state index contributed by atoms with van der Waals surface area (Å²) in [5.74, 6) is -0.220. The quantitative estimate of drug-likeness (QED) is 0.846. The van der Waals surface area contributed by atoms with Gasteiger partial charge in [0.2, 0.25) is 15.9 Å². The number of hydrogen-bond donors (Lipinski definition) is 2. The maximum Gasteiger partial charge on any atom is 0.241 e. The van der Waals surface area contributed by atoms with Crippen LogP contribution < -0.4 is 10.0 Å². The second kappa shape index (κ2) is 6.02. The molecule has 0 aliphatic heterocycles. The second-order valence-electron chi connectivity index (χ2n) is 4.72. The van der Waals surface area contributed by atoms with Crippen LogP contribution in [0.15, 0.2) is 33.6 Å². The van der Waals surface area contributed by atoms with E-state index in [0.717, 1.165) is 0 Å². The van der Waals surface area contributed by atoms with Crippen molar-refractivity contribution in [1.29, 1.82) is 0 Å². The van der Waals surface area contributed by atoms with Gasteiger partial charge in [-0.1, -0.05) is 12.1 Å². The molecule has 1 rings (SSSR count). The van der Waals surface area contributed by atoms with Crippen molar-refractivity contribution in [3.8, 4) is 0 Å². The highest BCUT2D eigenvalue weighted by atomic mass is 79.9. The molecule has 7 heteroatoms. The zero-order chi connectivity index (χ0) is 14.7. The van der Waals surface area contributed by atoms with E-state index in [9.17, 15) is 13.2 Å². The van der Waals surface area contributed by atoms with Crippen LogP contribution in [0.25, 0.3) is 0 Å². The van der Waals surface area contributed by atoms with Crippen molar-refractivity contribution in [2.24, 2.45) is 5.41 Å². The topological polar surface area (TPSA) is 75.3 Å². The molecule has 1 aromatic rings. The summed E-state index contributed by atoms with van der Waals surface area (Å²) in [7, 11) is -2.12. The molecular weight excluding hydrogens is 332 g/mol.